The summed E-state index contributed by atoms with van der Waals surface area (Å²) in [6.45, 7) is 6.44. The summed E-state index contributed by atoms with van der Waals surface area (Å²) in [7, 11) is 0. The van der Waals surface area contributed by atoms with Crippen LogP contribution in [-0.2, 0) is 23.3 Å². The summed E-state index contributed by atoms with van der Waals surface area (Å²) in [6.07, 6.45) is 1.17. The van der Waals surface area contributed by atoms with Gasteiger partial charge in [-0.05, 0) is 0 Å². The molecule has 0 aromatic heterocycles. The fourth-order valence-corrected chi connectivity index (χ4v) is 2.61. The van der Waals surface area contributed by atoms with Crippen LogP contribution in [0.1, 0.15) is 11.1 Å². The van der Waals surface area contributed by atoms with E-state index in [9.17, 15) is 0 Å². The van der Waals surface area contributed by atoms with Crippen molar-refractivity contribution in [3.63, 3.8) is 0 Å². The molecule has 0 bridgehead atoms. The van der Waals surface area contributed by atoms with Gasteiger partial charge in [0.15, 0.2) is 0 Å². The van der Waals surface area contributed by atoms with Crippen molar-refractivity contribution >= 4 is 27.7 Å². The molecule has 4 heteroatoms. The maximum absolute atomic E-state index is 2.20. The van der Waals surface area contributed by atoms with Gasteiger partial charge >= 0.3 is 36.0 Å². The van der Waals surface area contributed by atoms with E-state index in [2.05, 4.69) is 93.2 Å². The summed E-state index contributed by atoms with van der Waals surface area (Å²) in [4.78, 5) is 0. The minimum atomic E-state index is 0. The van der Waals surface area contributed by atoms with Gasteiger partial charge in [-0.1, -0.05) is 26.0 Å². The molecule has 0 fully saturated rings. The molecule has 0 nitrogen and oxygen atoms in total. The zero-order valence-electron chi connectivity index (χ0n) is 14.7. The molecule has 25 heavy (non-hydrogen) atoms. The van der Waals surface area contributed by atoms with E-state index in [0.717, 1.165) is 0 Å². The largest absolute Gasteiger partial charge is 1.00 e. The van der Waals surface area contributed by atoms with E-state index >= 15 is 0 Å². The predicted octanol–water partition coefficient (Wildman–Crippen LogP) is -0.0573. The Hall–Kier alpha value is -0.660. The van der Waals surface area contributed by atoms with Crippen molar-refractivity contribution in [3.05, 3.63) is 83.9 Å². The topological polar surface area (TPSA) is 0 Å². The Labute approximate surface area is 179 Å². The monoisotopic (exact) mass is 461 g/mol. The molecule has 0 amide bonds. The van der Waals surface area contributed by atoms with Crippen LogP contribution >= 0.6 is 0 Å². The van der Waals surface area contributed by atoms with Crippen molar-refractivity contribution in [2.45, 2.75) is 20.4 Å². The van der Waals surface area contributed by atoms with Crippen LogP contribution in [0.2, 0.25) is 6.55 Å². The van der Waals surface area contributed by atoms with Gasteiger partial charge in [-0.15, -0.1) is 81.2 Å². The van der Waals surface area contributed by atoms with E-state index in [-0.39, 0.29) is 24.8 Å². The Morgan fingerprint density at radius 2 is 1.04 bits per heavy atom. The summed E-state index contributed by atoms with van der Waals surface area (Å²) in [5.41, 5.74) is 2.70. The van der Waals surface area contributed by atoms with E-state index < -0.39 is 0 Å². The molecule has 129 valence electrons. The molecule has 0 aliphatic carbocycles. The van der Waals surface area contributed by atoms with Gasteiger partial charge in [0.2, 0.25) is 0 Å². The molecule has 4 aromatic rings. The van der Waals surface area contributed by atoms with Crippen LogP contribution in [-0.4, -0.2) is 6.16 Å². The molecule has 0 heterocycles. The van der Waals surface area contributed by atoms with Crippen molar-refractivity contribution in [2.24, 2.45) is 0 Å². The number of benzene rings is 2. The number of hydrogen-bond acceptors (Lipinski definition) is 0. The Morgan fingerprint density at radius 3 is 1.36 bits per heavy atom. The summed E-state index contributed by atoms with van der Waals surface area (Å²) < 4.78 is 0. The van der Waals surface area contributed by atoms with Crippen LogP contribution in [0.3, 0.4) is 0 Å². The van der Waals surface area contributed by atoms with Crippen molar-refractivity contribution in [2.75, 3.05) is 0 Å². The van der Waals surface area contributed by atoms with Crippen molar-refractivity contribution in [1.82, 2.24) is 0 Å². The van der Waals surface area contributed by atoms with Gasteiger partial charge in [0, 0.05) is 0 Å². The van der Waals surface area contributed by atoms with E-state index in [1.165, 1.54) is 38.8 Å². The van der Waals surface area contributed by atoms with Crippen LogP contribution in [0.4, 0.5) is 0 Å². The fraction of sp³-hybridized carbons (Fsp3) is 0.143. The minimum absolute atomic E-state index is 0. The third kappa shape index (κ3) is 7.62. The first-order valence-corrected chi connectivity index (χ1v) is 12.9. The minimum Gasteiger partial charge on any atom is -1.00 e. The van der Waals surface area contributed by atoms with Gasteiger partial charge in [-0.25, -0.2) is 0 Å². The molecular formula is C21H21Cl2SiZr-2. The molecule has 0 aliphatic rings. The van der Waals surface area contributed by atoms with Crippen molar-refractivity contribution in [3.8, 4) is 0 Å². The maximum atomic E-state index is 2.20. The Bertz CT molecular complexity index is 755. The van der Waals surface area contributed by atoms with E-state index in [1.54, 1.807) is 23.3 Å². The third-order valence-corrected chi connectivity index (χ3v) is 3.52. The molecule has 0 atom stereocenters. The number of aryl methyl sites for hydroxylation is 2. The summed E-state index contributed by atoms with van der Waals surface area (Å²) in [6, 6.07) is 25.7. The molecule has 0 saturated carbocycles. The van der Waals surface area contributed by atoms with Gasteiger partial charge < -0.3 is 24.8 Å². The van der Waals surface area contributed by atoms with Gasteiger partial charge in [0.1, 0.15) is 0 Å². The Morgan fingerprint density at radius 1 is 0.720 bits per heavy atom. The molecular weight excluding hydrogens is 442 g/mol. The van der Waals surface area contributed by atoms with Crippen LogP contribution in [0.5, 0.6) is 0 Å². The summed E-state index contributed by atoms with van der Waals surface area (Å²) in [5.74, 6) is 0. The van der Waals surface area contributed by atoms with E-state index in [1.807, 2.05) is 0 Å². The van der Waals surface area contributed by atoms with Crippen LogP contribution < -0.4 is 24.8 Å². The average Bonchev–Trinajstić information content (AvgIpc) is 3.08. The van der Waals surface area contributed by atoms with Crippen molar-refractivity contribution < 1.29 is 48.1 Å². The zero-order valence-corrected chi connectivity index (χ0v) is 19.7. The Kier molecular flexibility index (Phi) is 12.3. The summed E-state index contributed by atoms with van der Waals surface area (Å²) in [5, 5.41) is 5.39. The Balaban J connectivity index is 0.000000374. The average molecular weight is 464 g/mol. The standard InChI is InChI=1S/2C10H9.CH3Si.2ClH.Zr/c2*1-8-6-9-4-2-3-5-10(9)7-8;1-2;;;/h2*2-7H,1H3;1H3;2*1H;/q2*-1;;;;+2/p-2. The second-order valence-electron chi connectivity index (χ2n) is 5.57. The smallest absolute Gasteiger partial charge is 0.0579 e. The molecule has 0 aliphatic heterocycles. The van der Waals surface area contributed by atoms with Gasteiger partial charge in [0.25, 0.3) is 0 Å². The zero-order chi connectivity index (χ0) is 16.7. The predicted molar refractivity (Wildman–Crippen MR) is 100 cm³/mol. The van der Waals surface area contributed by atoms with Crippen LogP contribution in [0, 0.1) is 13.8 Å². The third-order valence-electron chi connectivity index (χ3n) is 3.52. The first kappa shape index (κ1) is 24.3. The number of fused-ring (bicyclic) bond motifs is 2. The van der Waals surface area contributed by atoms with Crippen LogP contribution in [0.25, 0.3) is 21.5 Å². The molecule has 4 rings (SSSR count). The molecule has 0 spiro atoms. The van der Waals surface area contributed by atoms with E-state index in [4.69, 9.17) is 0 Å². The summed E-state index contributed by atoms with van der Waals surface area (Å²) >= 11 is 1.66. The second kappa shape index (κ2) is 12.7. The number of rotatable bonds is 0. The van der Waals surface area contributed by atoms with Crippen molar-refractivity contribution in [1.29, 1.82) is 0 Å². The van der Waals surface area contributed by atoms with E-state index in [0.29, 0.717) is 0 Å². The maximum Gasteiger partial charge on any atom is -0.0579 e. The molecule has 1 radical (unpaired) electrons. The first-order chi connectivity index (χ1) is 11.1. The fourth-order valence-electron chi connectivity index (χ4n) is 2.61. The molecule has 0 N–H and O–H groups in total. The van der Waals surface area contributed by atoms with Gasteiger partial charge in [-0.2, -0.15) is 12.1 Å². The second-order valence-corrected chi connectivity index (χ2v) is 9.76. The molecule has 4 aromatic carbocycles. The normalized spacial score (nSPS) is 9.00. The van der Waals surface area contributed by atoms with Gasteiger partial charge in [-0.3, -0.25) is 0 Å². The quantitative estimate of drug-likeness (QED) is 0.253. The van der Waals surface area contributed by atoms with Gasteiger partial charge in [0.05, 0.1) is 0 Å². The number of halogens is 2. The SMILES string of the molecule is C[Si]=[Zr+2].Cc1cc2ccccc2[cH-]1.Cc1cc2ccccc2[cH-]1.[Cl-].[Cl-]. The molecule has 0 saturated heterocycles. The van der Waals surface area contributed by atoms with Crippen LogP contribution in [0.15, 0.2) is 72.8 Å². The number of hydrogen-bond donors (Lipinski definition) is 0. The molecule has 0 unspecified atom stereocenters. The first-order valence-electron chi connectivity index (χ1n) is 7.71.